The lowest BCUT2D eigenvalue weighted by atomic mass is 10.1. The molecular weight excluding hydrogens is 205 g/mol. The van der Waals surface area contributed by atoms with E-state index in [1.807, 2.05) is 31.2 Å². The second kappa shape index (κ2) is 4.26. The van der Waals surface area contributed by atoms with Crippen LogP contribution in [-0.4, -0.2) is 9.97 Å². The monoisotopic (exact) mass is 217 g/mol. The maximum atomic E-state index is 12.8. The number of benzene rings is 1. The maximum absolute atomic E-state index is 12.8. The SMILES string of the molecule is Cc1ccc(Cc2ncc(F)c(N)n2)cc1. The summed E-state index contributed by atoms with van der Waals surface area (Å²) < 4.78 is 12.8. The van der Waals surface area contributed by atoms with Gasteiger partial charge < -0.3 is 5.73 Å². The topological polar surface area (TPSA) is 51.8 Å². The van der Waals surface area contributed by atoms with E-state index in [4.69, 9.17) is 5.73 Å². The van der Waals surface area contributed by atoms with Crippen LogP contribution in [0, 0.1) is 12.7 Å². The fourth-order valence-electron chi connectivity index (χ4n) is 1.39. The Morgan fingerprint density at radius 1 is 1.25 bits per heavy atom. The molecule has 0 saturated carbocycles. The molecule has 0 fully saturated rings. The van der Waals surface area contributed by atoms with Gasteiger partial charge in [-0.1, -0.05) is 29.8 Å². The molecule has 2 aromatic rings. The van der Waals surface area contributed by atoms with E-state index < -0.39 is 5.82 Å². The van der Waals surface area contributed by atoms with E-state index in [9.17, 15) is 4.39 Å². The standard InChI is InChI=1S/C12H12FN3/c1-8-2-4-9(5-3-8)6-11-15-7-10(13)12(14)16-11/h2-5,7H,6H2,1H3,(H2,14,15,16). The highest BCUT2D eigenvalue weighted by molar-refractivity contribution is 5.30. The highest BCUT2D eigenvalue weighted by Gasteiger charge is 2.03. The minimum absolute atomic E-state index is 0.0999. The van der Waals surface area contributed by atoms with E-state index in [1.165, 1.54) is 5.56 Å². The summed E-state index contributed by atoms with van der Waals surface area (Å²) in [7, 11) is 0. The molecule has 4 heteroatoms. The first kappa shape index (κ1) is 10.5. The molecule has 0 bridgehead atoms. The summed E-state index contributed by atoms with van der Waals surface area (Å²) in [5, 5.41) is 0. The van der Waals surface area contributed by atoms with Crippen molar-refractivity contribution in [1.82, 2.24) is 9.97 Å². The highest BCUT2D eigenvalue weighted by atomic mass is 19.1. The Morgan fingerprint density at radius 2 is 1.94 bits per heavy atom. The zero-order chi connectivity index (χ0) is 11.5. The van der Waals surface area contributed by atoms with E-state index in [-0.39, 0.29) is 5.82 Å². The quantitative estimate of drug-likeness (QED) is 0.838. The summed E-state index contributed by atoms with van der Waals surface area (Å²) in [4.78, 5) is 7.77. The number of aryl methyl sites for hydroxylation is 1. The molecule has 0 saturated heterocycles. The number of nitrogen functional groups attached to an aromatic ring is 1. The first-order valence-corrected chi connectivity index (χ1v) is 4.97. The van der Waals surface area contributed by atoms with Gasteiger partial charge in [0, 0.05) is 6.42 Å². The summed E-state index contributed by atoms with van der Waals surface area (Å²) in [6, 6.07) is 8.03. The smallest absolute Gasteiger partial charge is 0.183 e. The third-order valence-electron chi connectivity index (χ3n) is 2.30. The molecule has 0 atom stereocenters. The average Bonchev–Trinajstić information content (AvgIpc) is 2.27. The molecule has 0 aliphatic rings. The van der Waals surface area contributed by atoms with Gasteiger partial charge in [-0.25, -0.2) is 14.4 Å². The Balaban J connectivity index is 2.20. The number of aromatic nitrogens is 2. The van der Waals surface area contributed by atoms with E-state index >= 15 is 0 Å². The second-order valence-corrected chi connectivity index (χ2v) is 3.68. The number of nitrogens with two attached hydrogens (primary N) is 1. The van der Waals surface area contributed by atoms with Gasteiger partial charge in [0.1, 0.15) is 5.82 Å². The van der Waals surface area contributed by atoms with Crippen molar-refractivity contribution >= 4 is 5.82 Å². The van der Waals surface area contributed by atoms with Crippen molar-refractivity contribution in [2.45, 2.75) is 13.3 Å². The summed E-state index contributed by atoms with van der Waals surface area (Å²) in [5.74, 6) is -0.146. The van der Waals surface area contributed by atoms with Crippen molar-refractivity contribution < 1.29 is 4.39 Å². The molecule has 2 rings (SSSR count). The van der Waals surface area contributed by atoms with Crippen molar-refractivity contribution in [2.75, 3.05) is 5.73 Å². The van der Waals surface area contributed by atoms with Gasteiger partial charge in [0.25, 0.3) is 0 Å². The molecule has 1 aromatic carbocycles. The minimum atomic E-state index is -0.576. The third-order valence-corrected chi connectivity index (χ3v) is 2.30. The summed E-state index contributed by atoms with van der Waals surface area (Å²) >= 11 is 0. The lowest BCUT2D eigenvalue weighted by Crippen LogP contribution is -2.02. The molecule has 2 N–H and O–H groups in total. The van der Waals surface area contributed by atoms with Gasteiger partial charge in [0.05, 0.1) is 6.20 Å². The van der Waals surface area contributed by atoms with Gasteiger partial charge in [-0.3, -0.25) is 0 Å². The number of anilines is 1. The second-order valence-electron chi connectivity index (χ2n) is 3.68. The van der Waals surface area contributed by atoms with Crippen LogP contribution in [0.5, 0.6) is 0 Å². The van der Waals surface area contributed by atoms with E-state index in [1.54, 1.807) is 0 Å². The molecule has 0 unspecified atom stereocenters. The number of hydrogen-bond acceptors (Lipinski definition) is 3. The Labute approximate surface area is 93.2 Å². The number of rotatable bonds is 2. The van der Waals surface area contributed by atoms with E-state index in [2.05, 4.69) is 9.97 Å². The van der Waals surface area contributed by atoms with Crippen LogP contribution in [0.25, 0.3) is 0 Å². The molecular formula is C12H12FN3. The summed E-state index contributed by atoms with van der Waals surface area (Å²) in [6.45, 7) is 2.02. The normalized spacial score (nSPS) is 10.4. The van der Waals surface area contributed by atoms with Gasteiger partial charge in [-0.05, 0) is 12.5 Å². The van der Waals surface area contributed by atoms with Crippen molar-refractivity contribution in [3.05, 3.63) is 53.2 Å². The largest absolute Gasteiger partial charge is 0.381 e. The molecule has 0 aliphatic heterocycles. The third kappa shape index (κ3) is 2.34. The van der Waals surface area contributed by atoms with Crippen LogP contribution < -0.4 is 5.73 Å². The van der Waals surface area contributed by atoms with Crippen molar-refractivity contribution in [3.63, 3.8) is 0 Å². The molecule has 1 heterocycles. The van der Waals surface area contributed by atoms with Crippen LogP contribution in [0.15, 0.2) is 30.5 Å². The minimum Gasteiger partial charge on any atom is -0.381 e. The Kier molecular flexibility index (Phi) is 2.81. The molecule has 16 heavy (non-hydrogen) atoms. The van der Waals surface area contributed by atoms with Crippen LogP contribution in [0.3, 0.4) is 0 Å². The fourth-order valence-corrected chi connectivity index (χ4v) is 1.39. The van der Waals surface area contributed by atoms with Crippen molar-refractivity contribution in [2.24, 2.45) is 0 Å². The van der Waals surface area contributed by atoms with E-state index in [0.29, 0.717) is 12.2 Å². The lowest BCUT2D eigenvalue weighted by Gasteiger charge is -2.02. The highest BCUT2D eigenvalue weighted by Crippen LogP contribution is 2.10. The zero-order valence-electron chi connectivity index (χ0n) is 8.94. The fraction of sp³-hybridized carbons (Fsp3) is 0.167. The first-order valence-electron chi connectivity index (χ1n) is 4.97. The van der Waals surface area contributed by atoms with Gasteiger partial charge in [-0.15, -0.1) is 0 Å². The molecule has 3 nitrogen and oxygen atoms in total. The Morgan fingerprint density at radius 3 is 2.56 bits per heavy atom. The van der Waals surface area contributed by atoms with Gasteiger partial charge in [-0.2, -0.15) is 0 Å². The molecule has 82 valence electrons. The molecule has 1 aromatic heterocycles. The average molecular weight is 217 g/mol. The first-order chi connectivity index (χ1) is 7.65. The van der Waals surface area contributed by atoms with E-state index in [0.717, 1.165) is 11.8 Å². The summed E-state index contributed by atoms with van der Waals surface area (Å²) in [5.41, 5.74) is 7.65. The number of halogens is 1. The van der Waals surface area contributed by atoms with Gasteiger partial charge in [0.2, 0.25) is 0 Å². The molecule has 0 amide bonds. The Hall–Kier alpha value is -1.97. The molecule has 0 aliphatic carbocycles. The van der Waals surface area contributed by atoms with Crippen LogP contribution in [0.1, 0.15) is 17.0 Å². The van der Waals surface area contributed by atoms with Crippen molar-refractivity contribution in [3.8, 4) is 0 Å². The van der Waals surface area contributed by atoms with Crippen LogP contribution in [0.4, 0.5) is 10.2 Å². The van der Waals surface area contributed by atoms with Gasteiger partial charge in [0.15, 0.2) is 11.6 Å². The lowest BCUT2D eigenvalue weighted by molar-refractivity contribution is 0.616. The van der Waals surface area contributed by atoms with Crippen LogP contribution in [-0.2, 0) is 6.42 Å². The molecule has 0 spiro atoms. The number of hydrogen-bond donors (Lipinski definition) is 1. The Bertz CT molecular complexity index is 494. The van der Waals surface area contributed by atoms with Crippen LogP contribution in [0.2, 0.25) is 0 Å². The predicted molar refractivity (Wildman–Crippen MR) is 60.4 cm³/mol. The van der Waals surface area contributed by atoms with Crippen LogP contribution >= 0.6 is 0 Å². The summed E-state index contributed by atoms with van der Waals surface area (Å²) in [6.07, 6.45) is 1.66. The molecule has 0 radical (unpaired) electrons. The maximum Gasteiger partial charge on any atom is 0.183 e. The number of nitrogens with zero attached hydrogens (tertiary/aromatic N) is 2. The van der Waals surface area contributed by atoms with Gasteiger partial charge >= 0.3 is 0 Å². The predicted octanol–water partition coefficient (Wildman–Crippen LogP) is 2.10. The zero-order valence-corrected chi connectivity index (χ0v) is 8.94. The van der Waals surface area contributed by atoms with Crippen molar-refractivity contribution in [1.29, 1.82) is 0 Å².